The lowest BCUT2D eigenvalue weighted by Gasteiger charge is -2.38. The van der Waals surface area contributed by atoms with E-state index in [0.717, 1.165) is 12.8 Å². The van der Waals surface area contributed by atoms with Gasteiger partial charge in [0.1, 0.15) is 6.04 Å². The standard InChI is InChI=1S/C13H24N4O/c1-9(2)16-12(6-14)8-17-7-11(13(15)18)5-4-10(17)3/h9-12,16H,4-5,7-8H2,1-3H3,(H2,15,18). The van der Waals surface area contributed by atoms with Crippen LogP contribution in [0.1, 0.15) is 33.6 Å². The van der Waals surface area contributed by atoms with Gasteiger partial charge in [0.25, 0.3) is 0 Å². The Kier molecular flexibility index (Phi) is 5.57. The maximum atomic E-state index is 11.3. The van der Waals surface area contributed by atoms with Gasteiger partial charge in [-0.15, -0.1) is 0 Å². The van der Waals surface area contributed by atoms with Crippen molar-refractivity contribution in [2.45, 2.75) is 51.7 Å². The molecule has 0 aliphatic carbocycles. The van der Waals surface area contributed by atoms with Crippen LogP contribution in [0.5, 0.6) is 0 Å². The van der Waals surface area contributed by atoms with Gasteiger partial charge in [-0.2, -0.15) is 5.26 Å². The van der Waals surface area contributed by atoms with Crippen molar-refractivity contribution in [1.29, 1.82) is 5.26 Å². The Balaban J connectivity index is 2.57. The van der Waals surface area contributed by atoms with Crippen molar-refractivity contribution in [2.24, 2.45) is 11.7 Å². The summed E-state index contributed by atoms with van der Waals surface area (Å²) in [5.41, 5.74) is 5.37. The third-order valence-corrected chi connectivity index (χ3v) is 3.52. The Bertz CT molecular complexity index is 323. The second kappa shape index (κ2) is 6.72. The van der Waals surface area contributed by atoms with Crippen LogP contribution in [0.3, 0.4) is 0 Å². The molecule has 3 atom stereocenters. The number of carbonyl (C=O) groups is 1. The number of carbonyl (C=O) groups excluding carboxylic acids is 1. The predicted molar refractivity (Wildman–Crippen MR) is 70.6 cm³/mol. The van der Waals surface area contributed by atoms with Crippen molar-refractivity contribution < 1.29 is 4.79 Å². The topological polar surface area (TPSA) is 82.2 Å². The lowest BCUT2D eigenvalue weighted by molar-refractivity contribution is -0.124. The van der Waals surface area contributed by atoms with Gasteiger partial charge in [-0.05, 0) is 33.6 Å². The van der Waals surface area contributed by atoms with E-state index in [2.05, 4.69) is 23.2 Å². The molecule has 3 unspecified atom stereocenters. The Morgan fingerprint density at radius 1 is 1.56 bits per heavy atom. The van der Waals surface area contributed by atoms with E-state index in [1.165, 1.54) is 0 Å². The Morgan fingerprint density at radius 2 is 2.22 bits per heavy atom. The van der Waals surface area contributed by atoms with Gasteiger partial charge in [-0.3, -0.25) is 15.0 Å². The van der Waals surface area contributed by atoms with Gasteiger partial charge < -0.3 is 5.73 Å². The molecule has 1 rings (SSSR count). The fourth-order valence-corrected chi connectivity index (χ4v) is 2.43. The third kappa shape index (κ3) is 4.28. The number of nitriles is 1. The van der Waals surface area contributed by atoms with Crippen LogP contribution in [0.25, 0.3) is 0 Å². The average Bonchev–Trinajstić information content (AvgIpc) is 2.29. The number of piperidine rings is 1. The van der Waals surface area contributed by atoms with E-state index in [1.54, 1.807) is 0 Å². The number of hydrogen-bond donors (Lipinski definition) is 2. The van der Waals surface area contributed by atoms with Crippen molar-refractivity contribution in [3.8, 4) is 6.07 Å². The summed E-state index contributed by atoms with van der Waals surface area (Å²) >= 11 is 0. The zero-order chi connectivity index (χ0) is 13.7. The molecule has 1 amide bonds. The van der Waals surface area contributed by atoms with Gasteiger partial charge in [0.2, 0.25) is 5.91 Å². The summed E-state index contributed by atoms with van der Waals surface area (Å²) < 4.78 is 0. The summed E-state index contributed by atoms with van der Waals surface area (Å²) in [6, 6.07) is 2.77. The molecule has 1 aliphatic heterocycles. The van der Waals surface area contributed by atoms with Crippen LogP contribution in [0.2, 0.25) is 0 Å². The van der Waals surface area contributed by atoms with E-state index in [4.69, 9.17) is 11.0 Å². The molecule has 1 aliphatic rings. The van der Waals surface area contributed by atoms with Crippen LogP contribution in [0, 0.1) is 17.2 Å². The molecule has 18 heavy (non-hydrogen) atoms. The van der Waals surface area contributed by atoms with Crippen molar-refractivity contribution >= 4 is 5.91 Å². The number of amides is 1. The molecule has 0 saturated carbocycles. The first-order valence-corrected chi connectivity index (χ1v) is 6.63. The molecule has 1 fully saturated rings. The minimum absolute atomic E-state index is 0.0698. The molecule has 0 bridgehead atoms. The molecule has 0 aromatic heterocycles. The monoisotopic (exact) mass is 252 g/mol. The minimum Gasteiger partial charge on any atom is -0.369 e. The highest BCUT2D eigenvalue weighted by atomic mass is 16.1. The van der Waals surface area contributed by atoms with Crippen molar-refractivity contribution in [2.75, 3.05) is 13.1 Å². The van der Waals surface area contributed by atoms with Gasteiger partial charge in [-0.1, -0.05) is 0 Å². The van der Waals surface area contributed by atoms with E-state index >= 15 is 0 Å². The normalized spacial score (nSPS) is 26.8. The first-order valence-electron chi connectivity index (χ1n) is 6.63. The fraction of sp³-hybridized carbons (Fsp3) is 0.846. The van der Waals surface area contributed by atoms with E-state index in [9.17, 15) is 4.79 Å². The van der Waals surface area contributed by atoms with Crippen LogP contribution in [0.15, 0.2) is 0 Å². The van der Waals surface area contributed by atoms with Gasteiger partial charge in [0.15, 0.2) is 0 Å². The Labute approximate surface area is 109 Å². The lowest BCUT2D eigenvalue weighted by Crippen LogP contribution is -2.51. The number of nitrogens with zero attached hydrogens (tertiary/aromatic N) is 2. The number of rotatable bonds is 5. The minimum atomic E-state index is -0.225. The molecule has 3 N–H and O–H groups in total. The number of primary amides is 1. The van der Waals surface area contributed by atoms with Gasteiger partial charge in [0.05, 0.1) is 12.0 Å². The maximum Gasteiger partial charge on any atom is 0.221 e. The smallest absolute Gasteiger partial charge is 0.221 e. The SMILES string of the molecule is CC(C)NC(C#N)CN1CC(C(N)=O)CCC1C. The van der Waals surface area contributed by atoms with E-state index < -0.39 is 0 Å². The molecule has 0 aromatic carbocycles. The second-order valence-electron chi connectivity index (χ2n) is 5.48. The molecule has 5 heteroatoms. The van der Waals surface area contributed by atoms with Crippen LogP contribution in [-0.2, 0) is 4.79 Å². The van der Waals surface area contributed by atoms with Gasteiger partial charge in [0, 0.05) is 25.2 Å². The highest BCUT2D eigenvalue weighted by Crippen LogP contribution is 2.21. The summed E-state index contributed by atoms with van der Waals surface area (Å²) in [5.74, 6) is -0.295. The molecule has 0 aromatic rings. The van der Waals surface area contributed by atoms with Crippen molar-refractivity contribution in [3.05, 3.63) is 0 Å². The van der Waals surface area contributed by atoms with Crippen molar-refractivity contribution in [1.82, 2.24) is 10.2 Å². The van der Waals surface area contributed by atoms with Crippen LogP contribution < -0.4 is 11.1 Å². The molecule has 5 nitrogen and oxygen atoms in total. The average molecular weight is 252 g/mol. The van der Waals surface area contributed by atoms with E-state index in [-0.39, 0.29) is 23.9 Å². The summed E-state index contributed by atoms with van der Waals surface area (Å²) in [7, 11) is 0. The summed E-state index contributed by atoms with van der Waals surface area (Å²) in [6.07, 6.45) is 1.83. The van der Waals surface area contributed by atoms with E-state index in [0.29, 0.717) is 19.1 Å². The summed E-state index contributed by atoms with van der Waals surface area (Å²) in [5, 5.41) is 12.4. The highest BCUT2D eigenvalue weighted by molar-refractivity contribution is 5.76. The number of hydrogen-bond acceptors (Lipinski definition) is 4. The Morgan fingerprint density at radius 3 is 2.72 bits per heavy atom. The third-order valence-electron chi connectivity index (χ3n) is 3.52. The van der Waals surface area contributed by atoms with Gasteiger partial charge in [-0.25, -0.2) is 0 Å². The van der Waals surface area contributed by atoms with Crippen molar-refractivity contribution in [3.63, 3.8) is 0 Å². The Hall–Kier alpha value is -1.12. The maximum absolute atomic E-state index is 11.3. The fourth-order valence-electron chi connectivity index (χ4n) is 2.43. The predicted octanol–water partition coefficient (Wildman–Crippen LogP) is 0.462. The molecule has 1 heterocycles. The first kappa shape index (κ1) is 14.9. The van der Waals surface area contributed by atoms with Crippen LogP contribution in [0.4, 0.5) is 0 Å². The highest BCUT2D eigenvalue weighted by Gasteiger charge is 2.29. The van der Waals surface area contributed by atoms with E-state index in [1.807, 2.05) is 13.8 Å². The number of likely N-dealkylation sites (tertiary alicyclic amines) is 1. The molecular formula is C13H24N4O. The van der Waals surface area contributed by atoms with Gasteiger partial charge >= 0.3 is 0 Å². The number of nitrogens with two attached hydrogens (primary N) is 1. The zero-order valence-electron chi connectivity index (χ0n) is 11.5. The second-order valence-corrected chi connectivity index (χ2v) is 5.48. The lowest BCUT2D eigenvalue weighted by atomic mass is 9.92. The zero-order valence-corrected chi connectivity index (χ0v) is 11.5. The molecular weight excluding hydrogens is 228 g/mol. The summed E-state index contributed by atoms with van der Waals surface area (Å²) in [6.45, 7) is 7.52. The number of nitrogens with one attached hydrogen (secondary N) is 1. The van der Waals surface area contributed by atoms with Crippen LogP contribution >= 0.6 is 0 Å². The molecule has 102 valence electrons. The molecule has 1 saturated heterocycles. The summed E-state index contributed by atoms with van der Waals surface area (Å²) in [4.78, 5) is 13.5. The molecule has 0 spiro atoms. The van der Waals surface area contributed by atoms with Crippen LogP contribution in [-0.4, -0.2) is 42.0 Å². The molecule has 0 radical (unpaired) electrons. The quantitative estimate of drug-likeness (QED) is 0.745. The largest absolute Gasteiger partial charge is 0.369 e. The first-order chi connectivity index (χ1) is 8.43.